The first-order valence-electron chi connectivity index (χ1n) is 7.11. The highest BCUT2D eigenvalue weighted by Gasteiger charge is 2.16. The zero-order valence-electron chi connectivity index (χ0n) is 13.0. The highest BCUT2D eigenvalue weighted by Crippen LogP contribution is 2.17. The van der Waals surface area contributed by atoms with Gasteiger partial charge in [-0.3, -0.25) is 0 Å². The minimum absolute atomic E-state index is 0.0462. The molecule has 130 valence electrons. The maximum Gasteiger partial charge on any atom is 0.240 e. The molecule has 0 saturated heterocycles. The first-order chi connectivity index (χ1) is 11.4. The Hall–Kier alpha value is -1.80. The van der Waals surface area contributed by atoms with Crippen LogP contribution >= 0.6 is 11.6 Å². The lowest BCUT2D eigenvalue weighted by atomic mass is 10.3. The van der Waals surface area contributed by atoms with Gasteiger partial charge < -0.3 is 14.6 Å². The number of rotatable bonds is 8. The van der Waals surface area contributed by atoms with Crippen LogP contribution in [-0.4, -0.2) is 39.9 Å². The zero-order valence-corrected chi connectivity index (χ0v) is 14.5. The summed E-state index contributed by atoms with van der Waals surface area (Å²) in [5.41, 5.74) is 0. The largest absolute Gasteiger partial charge is 0.497 e. The van der Waals surface area contributed by atoms with Crippen LogP contribution in [0.15, 0.2) is 53.4 Å². The Morgan fingerprint density at radius 2 is 1.67 bits per heavy atom. The van der Waals surface area contributed by atoms with Gasteiger partial charge in [-0.05, 0) is 48.5 Å². The van der Waals surface area contributed by atoms with E-state index in [4.69, 9.17) is 21.1 Å². The molecule has 2 rings (SSSR count). The summed E-state index contributed by atoms with van der Waals surface area (Å²) < 4.78 is 36.9. The third-order valence-corrected chi connectivity index (χ3v) is 4.83. The van der Waals surface area contributed by atoms with E-state index < -0.39 is 16.1 Å². The van der Waals surface area contributed by atoms with E-state index in [1.54, 1.807) is 31.4 Å². The molecule has 24 heavy (non-hydrogen) atoms. The molecule has 0 saturated carbocycles. The van der Waals surface area contributed by atoms with Crippen LogP contribution in [0.2, 0.25) is 5.02 Å². The summed E-state index contributed by atoms with van der Waals surface area (Å²) in [5, 5.41) is 10.3. The van der Waals surface area contributed by atoms with E-state index in [0.717, 1.165) is 0 Å². The molecule has 2 N–H and O–H groups in total. The number of hydrogen-bond acceptors (Lipinski definition) is 5. The molecule has 0 aliphatic rings. The van der Waals surface area contributed by atoms with Gasteiger partial charge in [-0.25, -0.2) is 13.1 Å². The number of ether oxygens (including phenoxy) is 2. The van der Waals surface area contributed by atoms with Crippen molar-refractivity contribution in [3.8, 4) is 11.5 Å². The van der Waals surface area contributed by atoms with Gasteiger partial charge in [0.15, 0.2) is 0 Å². The smallest absolute Gasteiger partial charge is 0.240 e. The zero-order chi connectivity index (χ0) is 17.6. The molecule has 2 aromatic rings. The molecule has 0 aromatic heterocycles. The number of sulfonamides is 1. The van der Waals surface area contributed by atoms with Gasteiger partial charge in [0.25, 0.3) is 0 Å². The number of halogens is 1. The third-order valence-electron chi connectivity index (χ3n) is 3.13. The number of hydrogen-bond donors (Lipinski definition) is 2. The fourth-order valence-corrected chi connectivity index (χ4v) is 3.03. The number of methoxy groups -OCH3 is 1. The summed E-state index contributed by atoms with van der Waals surface area (Å²) in [6.45, 7) is -0.212. The number of benzene rings is 2. The minimum atomic E-state index is -3.70. The molecule has 0 bridgehead atoms. The second-order valence-corrected chi connectivity index (χ2v) is 7.15. The Balaban J connectivity index is 1.83. The molecule has 2 aromatic carbocycles. The van der Waals surface area contributed by atoms with Crippen molar-refractivity contribution in [3.63, 3.8) is 0 Å². The Kier molecular flexibility index (Phi) is 6.44. The average molecular weight is 372 g/mol. The monoisotopic (exact) mass is 371 g/mol. The van der Waals surface area contributed by atoms with Gasteiger partial charge in [-0.2, -0.15) is 0 Å². The van der Waals surface area contributed by atoms with E-state index in [9.17, 15) is 13.5 Å². The maximum absolute atomic E-state index is 12.1. The standard InChI is InChI=1S/C16H18ClNO5S/c1-22-14-4-6-15(7-5-14)23-11-13(19)10-18-24(20,21)16-8-2-12(17)3-9-16/h2-9,13,18-19H,10-11H2,1H3/t13-/m0/s1. The molecule has 6 nitrogen and oxygen atoms in total. The van der Waals surface area contributed by atoms with Crippen LogP contribution in [0, 0.1) is 0 Å². The molecule has 0 aliphatic heterocycles. The second-order valence-electron chi connectivity index (χ2n) is 4.95. The van der Waals surface area contributed by atoms with Crippen molar-refractivity contribution >= 4 is 21.6 Å². The maximum atomic E-state index is 12.1. The van der Waals surface area contributed by atoms with Gasteiger partial charge >= 0.3 is 0 Å². The first kappa shape index (κ1) is 18.5. The molecule has 0 spiro atoms. The van der Waals surface area contributed by atoms with Gasteiger partial charge in [-0.15, -0.1) is 0 Å². The van der Waals surface area contributed by atoms with Gasteiger partial charge in [0.2, 0.25) is 10.0 Å². The van der Waals surface area contributed by atoms with Crippen LogP contribution in [0.25, 0.3) is 0 Å². The highest BCUT2D eigenvalue weighted by atomic mass is 35.5. The molecule has 0 unspecified atom stereocenters. The van der Waals surface area contributed by atoms with Crippen molar-refractivity contribution < 1.29 is 23.0 Å². The molecule has 0 heterocycles. The Bertz CT molecular complexity index is 747. The number of aliphatic hydroxyl groups is 1. The van der Waals surface area contributed by atoms with E-state index in [2.05, 4.69) is 4.72 Å². The molecular formula is C16H18ClNO5S. The van der Waals surface area contributed by atoms with Crippen molar-refractivity contribution in [1.29, 1.82) is 0 Å². The first-order valence-corrected chi connectivity index (χ1v) is 8.97. The lowest BCUT2D eigenvalue weighted by Crippen LogP contribution is -2.35. The van der Waals surface area contributed by atoms with Crippen LogP contribution in [0.3, 0.4) is 0 Å². The van der Waals surface area contributed by atoms with Crippen molar-refractivity contribution in [2.45, 2.75) is 11.0 Å². The number of aliphatic hydroxyl groups excluding tert-OH is 1. The summed E-state index contributed by atoms with van der Waals surface area (Å²) in [6.07, 6.45) is -0.992. The van der Waals surface area contributed by atoms with Crippen molar-refractivity contribution in [2.75, 3.05) is 20.3 Å². The van der Waals surface area contributed by atoms with Crippen LogP contribution in [0.1, 0.15) is 0 Å². The van der Waals surface area contributed by atoms with E-state index >= 15 is 0 Å². The third kappa shape index (κ3) is 5.38. The minimum Gasteiger partial charge on any atom is -0.497 e. The molecular weight excluding hydrogens is 354 g/mol. The normalized spacial score (nSPS) is 12.6. The number of nitrogens with one attached hydrogen (secondary N) is 1. The quantitative estimate of drug-likeness (QED) is 0.742. The highest BCUT2D eigenvalue weighted by molar-refractivity contribution is 7.89. The lowest BCUT2D eigenvalue weighted by Gasteiger charge is -2.14. The van der Waals surface area contributed by atoms with E-state index in [1.807, 2.05) is 0 Å². The summed E-state index contributed by atoms with van der Waals surface area (Å²) >= 11 is 5.73. The van der Waals surface area contributed by atoms with Crippen molar-refractivity contribution in [1.82, 2.24) is 4.72 Å². The summed E-state index contributed by atoms with van der Waals surface area (Å²) in [4.78, 5) is 0.0789. The van der Waals surface area contributed by atoms with E-state index in [0.29, 0.717) is 16.5 Å². The van der Waals surface area contributed by atoms with Crippen LogP contribution in [0.4, 0.5) is 0 Å². The SMILES string of the molecule is COc1ccc(OC[C@@H](O)CNS(=O)(=O)c2ccc(Cl)cc2)cc1. The molecule has 0 aliphatic carbocycles. The predicted octanol–water partition coefficient (Wildman–Crippen LogP) is 2.07. The van der Waals surface area contributed by atoms with E-state index in [1.165, 1.54) is 24.3 Å². The summed E-state index contributed by atoms with van der Waals surface area (Å²) in [5.74, 6) is 1.24. The predicted molar refractivity (Wildman–Crippen MR) is 91.1 cm³/mol. The molecule has 0 radical (unpaired) electrons. The van der Waals surface area contributed by atoms with Crippen LogP contribution in [0.5, 0.6) is 11.5 Å². The Morgan fingerprint density at radius 3 is 2.25 bits per heavy atom. The van der Waals surface area contributed by atoms with Crippen molar-refractivity contribution in [3.05, 3.63) is 53.6 Å². The van der Waals surface area contributed by atoms with Crippen LogP contribution < -0.4 is 14.2 Å². The molecule has 0 fully saturated rings. The second kappa shape index (κ2) is 8.34. The van der Waals surface area contributed by atoms with Crippen molar-refractivity contribution in [2.24, 2.45) is 0 Å². The van der Waals surface area contributed by atoms with Crippen LogP contribution in [-0.2, 0) is 10.0 Å². The van der Waals surface area contributed by atoms with Gasteiger partial charge in [0, 0.05) is 11.6 Å². The van der Waals surface area contributed by atoms with E-state index in [-0.39, 0.29) is 18.0 Å². The van der Waals surface area contributed by atoms with Gasteiger partial charge in [0.1, 0.15) is 24.2 Å². The molecule has 0 amide bonds. The summed E-state index contributed by atoms with van der Waals surface area (Å²) in [6, 6.07) is 12.6. The summed E-state index contributed by atoms with van der Waals surface area (Å²) in [7, 11) is -2.14. The fourth-order valence-electron chi connectivity index (χ4n) is 1.83. The average Bonchev–Trinajstić information content (AvgIpc) is 2.59. The Labute approximate surface area is 146 Å². The van der Waals surface area contributed by atoms with Gasteiger partial charge in [0.05, 0.1) is 12.0 Å². The van der Waals surface area contributed by atoms with Gasteiger partial charge in [-0.1, -0.05) is 11.6 Å². The lowest BCUT2D eigenvalue weighted by molar-refractivity contribution is 0.111. The fraction of sp³-hybridized carbons (Fsp3) is 0.250. The molecule has 8 heteroatoms. The topological polar surface area (TPSA) is 84.9 Å². The molecule has 1 atom stereocenters. The Morgan fingerprint density at radius 1 is 1.08 bits per heavy atom.